The number of methoxy groups -OCH3 is 1. The van der Waals surface area contributed by atoms with E-state index in [-0.39, 0.29) is 11.7 Å². The van der Waals surface area contributed by atoms with Crippen LogP contribution in [0, 0.1) is 5.92 Å². The van der Waals surface area contributed by atoms with Crippen molar-refractivity contribution in [1.29, 1.82) is 0 Å². The van der Waals surface area contributed by atoms with Crippen molar-refractivity contribution in [2.24, 2.45) is 5.92 Å². The molecule has 4 nitrogen and oxygen atoms in total. The fourth-order valence-electron chi connectivity index (χ4n) is 2.74. The molecule has 19 heavy (non-hydrogen) atoms. The van der Waals surface area contributed by atoms with Gasteiger partial charge in [0.1, 0.15) is 5.75 Å². The van der Waals surface area contributed by atoms with Crippen LogP contribution in [-0.2, 0) is 0 Å². The number of nitrogens with one attached hydrogen (secondary N) is 2. The number of carbonyl (C=O) groups excluding carboxylic acids is 1. The van der Waals surface area contributed by atoms with Gasteiger partial charge < -0.3 is 15.0 Å². The maximum atomic E-state index is 12.6. The van der Waals surface area contributed by atoms with Gasteiger partial charge in [0.2, 0.25) is 0 Å². The third-order valence-electron chi connectivity index (χ3n) is 3.86. The van der Waals surface area contributed by atoms with E-state index < -0.39 is 0 Å². The molecule has 0 aliphatic carbocycles. The lowest BCUT2D eigenvalue weighted by Crippen LogP contribution is -2.31. The Morgan fingerprint density at radius 1 is 1.32 bits per heavy atom. The van der Waals surface area contributed by atoms with E-state index in [9.17, 15) is 4.79 Å². The van der Waals surface area contributed by atoms with E-state index in [1.54, 1.807) is 7.11 Å². The Kier molecular flexibility index (Phi) is 3.25. The van der Waals surface area contributed by atoms with Gasteiger partial charge in [-0.3, -0.25) is 4.79 Å². The lowest BCUT2D eigenvalue weighted by Gasteiger charge is -2.21. The van der Waals surface area contributed by atoms with E-state index in [1.165, 1.54) is 0 Å². The summed E-state index contributed by atoms with van der Waals surface area (Å²) in [5.74, 6) is 1.22. The lowest BCUT2D eigenvalue weighted by atomic mass is 9.89. The van der Waals surface area contributed by atoms with Crippen LogP contribution in [0.4, 0.5) is 0 Å². The second-order valence-corrected chi connectivity index (χ2v) is 5.00. The van der Waals surface area contributed by atoms with Crippen LogP contribution >= 0.6 is 0 Å². The first-order valence-electron chi connectivity index (χ1n) is 6.69. The molecule has 0 unspecified atom stereocenters. The number of aromatic amines is 1. The molecule has 2 aromatic rings. The van der Waals surface area contributed by atoms with Crippen molar-refractivity contribution in [3.05, 3.63) is 30.0 Å². The number of fused-ring (bicyclic) bond motifs is 1. The summed E-state index contributed by atoms with van der Waals surface area (Å²) in [7, 11) is 1.64. The Morgan fingerprint density at radius 2 is 2.11 bits per heavy atom. The predicted molar refractivity (Wildman–Crippen MR) is 74.8 cm³/mol. The molecule has 0 atom stereocenters. The van der Waals surface area contributed by atoms with Crippen molar-refractivity contribution in [1.82, 2.24) is 10.3 Å². The summed E-state index contributed by atoms with van der Waals surface area (Å²) in [5.41, 5.74) is 1.76. The largest absolute Gasteiger partial charge is 0.497 e. The number of H-pyrrole nitrogens is 1. The molecule has 100 valence electrons. The molecule has 3 rings (SSSR count). The SMILES string of the molecule is COc1ccc2c(C(=O)C3CCNCC3)c[nH]c2c1. The third-order valence-corrected chi connectivity index (χ3v) is 3.86. The first-order chi connectivity index (χ1) is 9.29. The fraction of sp³-hybridized carbons (Fsp3) is 0.400. The summed E-state index contributed by atoms with van der Waals surface area (Å²) < 4.78 is 5.20. The first-order valence-corrected chi connectivity index (χ1v) is 6.69. The molecule has 1 saturated heterocycles. The molecule has 4 heteroatoms. The average Bonchev–Trinajstić information content (AvgIpc) is 2.90. The summed E-state index contributed by atoms with van der Waals surface area (Å²) in [6, 6.07) is 5.78. The van der Waals surface area contributed by atoms with Gasteiger partial charge in [-0.25, -0.2) is 0 Å². The maximum Gasteiger partial charge on any atom is 0.168 e. The molecule has 1 fully saturated rings. The number of benzene rings is 1. The number of aromatic nitrogens is 1. The molecule has 1 aliphatic rings. The highest BCUT2D eigenvalue weighted by atomic mass is 16.5. The minimum atomic E-state index is 0.155. The molecule has 2 N–H and O–H groups in total. The molecule has 0 spiro atoms. The van der Waals surface area contributed by atoms with Gasteiger partial charge in [0.15, 0.2) is 5.78 Å². The highest BCUT2D eigenvalue weighted by Gasteiger charge is 2.24. The van der Waals surface area contributed by atoms with Crippen molar-refractivity contribution >= 4 is 16.7 Å². The molecule has 0 radical (unpaired) electrons. The van der Waals surface area contributed by atoms with Crippen molar-refractivity contribution in [2.45, 2.75) is 12.8 Å². The summed E-state index contributed by atoms with van der Waals surface area (Å²) in [6.07, 6.45) is 3.69. The van der Waals surface area contributed by atoms with Crippen LogP contribution in [0.5, 0.6) is 5.75 Å². The number of piperidine rings is 1. The first kappa shape index (κ1) is 12.2. The van der Waals surface area contributed by atoms with Gasteiger partial charge in [-0.1, -0.05) is 0 Å². The highest BCUT2D eigenvalue weighted by molar-refractivity contribution is 6.09. The number of Topliss-reactive ketones (excluding diaryl/α,β-unsaturated/α-hetero) is 1. The topological polar surface area (TPSA) is 54.1 Å². The van der Waals surface area contributed by atoms with Gasteiger partial charge >= 0.3 is 0 Å². The van der Waals surface area contributed by atoms with E-state index in [2.05, 4.69) is 10.3 Å². The van der Waals surface area contributed by atoms with Crippen LogP contribution in [0.3, 0.4) is 0 Å². The summed E-state index contributed by atoms with van der Waals surface area (Å²) in [4.78, 5) is 15.7. The second-order valence-electron chi connectivity index (χ2n) is 5.00. The van der Waals surface area contributed by atoms with E-state index in [0.29, 0.717) is 0 Å². The molecular weight excluding hydrogens is 240 g/mol. The van der Waals surface area contributed by atoms with E-state index in [0.717, 1.165) is 48.1 Å². The number of carbonyl (C=O) groups is 1. The smallest absolute Gasteiger partial charge is 0.168 e. The Bertz CT molecular complexity index is 597. The number of rotatable bonds is 3. The number of ketones is 1. The molecule has 1 aromatic carbocycles. The third kappa shape index (κ3) is 2.24. The maximum absolute atomic E-state index is 12.6. The standard InChI is InChI=1S/C15H18N2O2/c1-19-11-2-3-12-13(9-17-14(12)8-11)15(18)10-4-6-16-7-5-10/h2-3,8-10,16-17H,4-7H2,1H3. The van der Waals surface area contributed by atoms with Gasteiger partial charge in [0.25, 0.3) is 0 Å². The summed E-state index contributed by atoms with van der Waals surface area (Å²) in [6.45, 7) is 1.87. The van der Waals surface area contributed by atoms with Gasteiger partial charge in [-0.2, -0.15) is 0 Å². The van der Waals surface area contributed by atoms with Crippen molar-refractivity contribution in [3.8, 4) is 5.75 Å². The average molecular weight is 258 g/mol. The Hall–Kier alpha value is -1.81. The highest BCUT2D eigenvalue weighted by Crippen LogP contribution is 2.27. The fourth-order valence-corrected chi connectivity index (χ4v) is 2.74. The Balaban J connectivity index is 1.93. The monoisotopic (exact) mass is 258 g/mol. The number of ether oxygens (including phenoxy) is 1. The van der Waals surface area contributed by atoms with Crippen LogP contribution in [0.1, 0.15) is 23.2 Å². The zero-order chi connectivity index (χ0) is 13.2. The van der Waals surface area contributed by atoms with Crippen molar-refractivity contribution < 1.29 is 9.53 Å². The van der Waals surface area contributed by atoms with E-state index in [4.69, 9.17) is 4.74 Å². The van der Waals surface area contributed by atoms with Crippen LogP contribution in [0.25, 0.3) is 10.9 Å². The lowest BCUT2D eigenvalue weighted by molar-refractivity contribution is 0.0897. The molecule has 0 amide bonds. The number of hydrogen-bond acceptors (Lipinski definition) is 3. The van der Waals surface area contributed by atoms with Gasteiger partial charge in [0.05, 0.1) is 7.11 Å². The van der Waals surface area contributed by atoms with Gasteiger partial charge in [-0.15, -0.1) is 0 Å². The Morgan fingerprint density at radius 3 is 2.84 bits per heavy atom. The molecule has 1 aromatic heterocycles. The van der Waals surface area contributed by atoms with E-state index in [1.807, 2.05) is 24.4 Å². The van der Waals surface area contributed by atoms with Crippen LogP contribution in [-0.4, -0.2) is 31.0 Å². The Labute approximate surface area is 112 Å². The quantitative estimate of drug-likeness (QED) is 0.831. The van der Waals surface area contributed by atoms with Gasteiger partial charge in [-0.05, 0) is 38.1 Å². The minimum absolute atomic E-state index is 0.155. The second kappa shape index (κ2) is 5.05. The molecule has 1 aliphatic heterocycles. The molecule has 2 heterocycles. The van der Waals surface area contributed by atoms with Crippen LogP contribution in [0.15, 0.2) is 24.4 Å². The minimum Gasteiger partial charge on any atom is -0.497 e. The normalized spacial score (nSPS) is 16.7. The molecular formula is C15H18N2O2. The molecule has 0 saturated carbocycles. The van der Waals surface area contributed by atoms with Gasteiger partial charge in [0, 0.05) is 34.6 Å². The van der Waals surface area contributed by atoms with E-state index >= 15 is 0 Å². The van der Waals surface area contributed by atoms with Crippen molar-refractivity contribution in [2.75, 3.05) is 20.2 Å². The van der Waals surface area contributed by atoms with Crippen molar-refractivity contribution in [3.63, 3.8) is 0 Å². The van der Waals surface area contributed by atoms with Crippen LogP contribution < -0.4 is 10.1 Å². The zero-order valence-electron chi connectivity index (χ0n) is 11.0. The summed E-state index contributed by atoms with van der Waals surface area (Å²) >= 11 is 0. The predicted octanol–water partition coefficient (Wildman–Crippen LogP) is 2.36. The summed E-state index contributed by atoms with van der Waals surface area (Å²) in [5, 5.41) is 4.28. The number of hydrogen-bond donors (Lipinski definition) is 2. The zero-order valence-corrected chi connectivity index (χ0v) is 11.0. The van der Waals surface area contributed by atoms with Crippen LogP contribution in [0.2, 0.25) is 0 Å². The molecule has 0 bridgehead atoms.